The van der Waals surface area contributed by atoms with Crippen LogP contribution in [0.15, 0.2) is 24.3 Å². The lowest BCUT2D eigenvalue weighted by molar-refractivity contribution is -0.384. The third kappa shape index (κ3) is 2.50. The van der Waals surface area contributed by atoms with Gasteiger partial charge >= 0.3 is 0 Å². The van der Waals surface area contributed by atoms with E-state index >= 15 is 0 Å². The van der Waals surface area contributed by atoms with Crippen LogP contribution in [0.3, 0.4) is 0 Å². The van der Waals surface area contributed by atoms with Crippen LogP contribution < -0.4 is 0 Å². The van der Waals surface area contributed by atoms with E-state index in [4.69, 9.17) is 0 Å². The van der Waals surface area contributed by atoms with Gasteiger partial charge in [0, 0.05) is 25.6 Å². The van der Waals surface area contributed by atoms with Gasteiger partial charge in [0.05, 0.1) is 11.0 Å². The van der Waals surface area contributed by atoms with Gasteiger partial charge in [-0.05, 0) is 24.8 Å². The molecule has 1 fully saturated rings. The van der Waals surface area contributed by atoms with E-state index in [-0.39, 0.29) is 17.6 Å². The van der Waals surface area contributed by atoms with Crippen molar-refractivity contribution in [3.8, 4) is 0 Å². The fourth-order valence-electron chi connectivity index (χ4n) is 2.47. The first-order valence-corrected chi connectivity index (χ1v) is 6.11. The molecule has 5 heteroatoms. The maximum absolute atomic E-state index is 11.6. The van der Waals surface area contributed by atoms with Crippen LogP contribution >= 0.6 is 0 Å². The van der Waals surface area contributed by atoms with E-state index in [1.807, 2.05) is 4.90 Å². The highest BCUT2D eigenvalue weighted by Crippen LogP contribution is 2.31. The number of amides is 1. The highest BCUT2D eigenvalue weighted by molar-refractivity contribution is 5.74. The van der Waals surface area contributed by atoms with Gasteiger partial charge in [0.1, 0.15) is 0 Å². The molecule has 1 aromatic rings. The number of non-ortho nitro benzene ring substituents is 1. The standard InChI is InChI=1S/C13H16N2O3/c1-10(16)14-9-3-2-4-13(14)11-5-7-12(8-6-11)15(17)18/h5-8,13H,2-4,9H2,1H3. The van der Waals surface area contributed by atoms with Crippen molar-refractivity contribution in [2.24, 2.45) is 0 Å². The fourth-order valence-corrected chi connectivity index (χ4v) is 2.47. The lowest BCUT2D eigenvalue weighted by Crippen LogP contribution is -2.36. The molecule has 0 bridgehead atoms. The Balaban J connectivity index is 2.23. The third-order valence-electron chi connectivity index (χ3n) is 3.40. The van der Waals surface area contributed by atoms with E-state index in [1.54, 1.807) is 19.1 Å². The number of nitrogens with zero attached hydrogens (tertiary/aromatic N) is 2. The third-order valence-corrected chi connectivity index (χ3v) is 3.40. The van der Waals surface area contributed by atoms with Gasteiger partial charge < -0.3 is 4.90 Å². The zero-order valence-electron chi connectivity index (χ0n) is 10.3. The number of carbonyl (C=O) groups is 1. The van der Waals surface area contributed by atoms with E-state index in [0.29, 0.717) is 0 Å². The quantitative estimate of drug-likeness (QED) is 0.597. The smallest absolute Gasteiger partial charge is 0.269 e. The second kappa shape index (κ2) is 5.16. The van der Waals surface area contributed by atoms with Crippen LogP contribution in [0.25, 0.3) is 0 Å². The summed E-state index contributed by atoms with van der Waals surface area (Å²) < 4.78 is 0. The molecular weight excluding hydrogens is 232 g/mol. The van der Waals surface area contributed by atoms with E-state index in [2.05, 4.69) is 0 Å². The topological polar surface area (TPSA) is 63.5 Å². The van der Waals surface area contributed by atoms with Crippen molar-refractivity contribution in [1.29, 1.82) is 0 Å². The number of hydrogen-bond donors (Lipinski definition) is 0. The maximum atomic E-state index is 11.6. The first-order chi connectivity index (χ1) is 8.59. The summed E-state index contributed by atoms with van der Waals surface area (Å²) in [5.41, 5.74) is 1.07. The molecule has 0 N–H and O–H groups in total. The van der Waals surface area contributed by atoms with Crippen LogP contribution in [-0.4, -0.2) is 22.3 Å². The van der Waals surface area contributed by atoms with Gasteiger partial charge in [0.15, 0.2) is 0 Å². The summed E-state index contributed by atoms with van der Waals surface area (Å²) in [5.74, 6) is 0.0676. The van der Waals surface area contributed by atoms with Gasteiger partial charge in [-0.1, -0.05) is 12.1 Å². The fraction of sp³-hybridized carbons (Fsp3) is 0.462. The molecule has 0 saturated carbocycles. The molecule has 2 rings (SSSR count). The molecule has 5 nitrogen and oxygen atoms in total. The summed E-state index contributed by atoms with van der Waals surface area (Å²) in [6.45, 7) is 2.35. The largest absolute Gasteiger partial charge is 0.336 e. The predicted molar refractivity (Wildman–Crippen MR) is 67.1 cm³/mol. The number of benzene rings is 1. The molecular formula is C13H16N2O3. The number of likely N-dealkylation sites (tertiary alicyclic amines) is 1. The highest BCUT2D eigenvalue weighted by Gasteiger charge is 2.25. The average molecular weight is 248 g/mol. The van der Waals surface area contributed by atoms with Crippen molar-refractivity contribution < 1.29 is 9.72 Å². The molecule has 1 aliphatic heterocycles. The minimum absolute atomic E-state index is 0.0667. The van der Waals surface area contributed by atoms with Crippen molar-refractivity contribution in [1.82, 2.24) is 4.90 Å². The minimum atomic E-state index is -0.409. The van der Waals surface area contributed by atoms with Gasteiger partial charge in [-0.2, -0.15) is 0 Å². The van der Waals surface area contributed by atoms with Crippen LogP contribution in [-0.2, 0) is 4.79 Å². The Hall–Kier alpha value is -1.91. The SMILES string of the molecule is CC(=O)N1CCCCC1c1ccc([N+](=O)[O-])cc1. The Morgan fingerprint density at radius 1 is 1.33 bits per heavy atom. The Morgan fingerprint density at radius 2 is 2.00 bits per heavy atom. The molecule has 1 unspecified atom stereocenters. The maximum Gasteiger partial charge on any atom is 0.269 e. The predicted octanol–water partition coefficient (Wildman–Crippen LogP) is 2.67. The molecule has 0 aromatic heterocycles. The zero-order chi connectivity index (χ0) is 13.1. The summed E-state index contributed by atoms with van der Waals surface area (Å²) >= 11 is 0. The zero-order valence-corrected chi connectivity index (χ0v) is 10.3. The Morgan fingerprint density at radius 3 is 2.56 bits per heavy atom. The lowest BCUT2D eigenvalue weighted by atomic mass is 9.95. The van der Waals surface area contributed by atoms with Gasteiger partial charge in [-0.15, -0.1) is 0 Å². The first-order valence-electron chi connectivity index (χ1n) is 6.11. The van der Waals surface area contributed by atoms with Crippen molar-refractivity contribution in [2.45, 2.75) is 32.2 Å². The van der Waals surface area contributed by atoms with Gasteiger partial charge in [0.2, 0.25) is 5.91 Å². The van der Waals surface area contributed by atoms with Gasteiger partial charge in [-0.25, -0.2) is 0 Å². The summed E-state index contributed by atoms with van der Waals surface area (Å²) in [7, 11) is 0. The van der Waals surface area contributed by atoms with Crippen molar-refractivity contribution in [3.05, 3.63) is 39.9 Å². The first kappa shape index (κ1) is 12.5. The number of nitro groups is 1. The van der Waals surface area contributed by atoms with Crippen molar-refractivity contribution >= 4 is 11.6 Å². The summed E-state index contributed by atoms with van der Waals surface area (Å²) in [6.07, 6.45) is 3.05. The normalized spacial score (nSPS) is 19.6. The highest BCUT2D eigenvalue weighted by atomic mass is 16.6. The van der Waals surface area contributed by atoms with Crippen molar-refractivity contribution in [2.75, 3.05) is 6.54 Å². The van der Waals surface area contributed by atoms with E-state index in [9.17, 15) is 14.9 Å². The second-order valence-corrected chi connectivity index (χ2v) is 4.57. The van der Waals surface area contributed by atoms with Crippen molar-refractivity contribution in [3.63, 3.8) is 0 Å². The van der Waals surface area contributed by atoms with Crippen LogP contribution in [0.2, 0.25) is 0 Å². The molecule has 1 saturated heterocycles. The van der Waals surface area contributed by atoms with Crippen LogP contribution in [0.5, 0.6) is 0 Å². The monoisotopic (exact) mass is 248 g/mol. The lowest BCUT2D eigenvalue weighted by Gasteiger charge is -2.35. The van der Waals surface area contributed by atoms with Gasteiger partial charge in [-0.3, -0.25) is 14.9 Å². The molecule has 18 heavy (non-hydrogen) atoms. The number of nitro benzene ring substituents is 1. The number of hydrogen-bond acceptors (Lipinski definition) is 3. The van der Waals surface area contributed by atoms with E-state index in [0.717, 1.165) is 31.4 Å². The van der Waals surface area contributed by atoms with Gasteiger partial charge in [0.25, 0.3) is 5.69 Å². The summed E-state index contributed by atoms with van der Waals surface area (Å²) in [6, 6.07) is 6.58. The molecule has 0 radical (unpaired) electrons. The molecule has 1 heterocycles. The Labute approximate surface area is 106 Å². The Bertz CT molecular complexity index is 456. The molecule has 0 aliphatic carbocycles. The van der Waals surface area contributed by atoms with Crippen LogP contribution in [0, 0.1) is 10.1 Å². The number of rotatable bonds is 2. The second-order valence-electron chi connectivity index (χ2n) is 4.57. The molecule has 1 atom stereocenters. The summed E-state index contributed by atoms with van der Waals surface area (Å²) in [5, 5.41) is 10.6. The molecule has 1 aliphatic rings. The van der Waals surface area contributed by atoms with E-state index in [1.165, 1.54) is 12.1 Å². The van der Waals surface area contributed by atoms with Crippen LogP contribution in [0.1, 0.15) is 37.8 Å². The molecule has 96 valence electrons. The number of piperidine rings is 1. The Kier molecular flexibility index (Phi) is 3.60. The minimum Gasteiger partial charge on any atom is -0.336 e. The van der Waals surface area contributed by atoms with E-state index < -0.39 is 4.92 Å². The number of carbonyl (C=O) groups excluding carboxylic acids is 1. The molecule has 0 spiro atoms. The molecule has 1 aromatic carbocycles. The van der Waals surface area contributed by atoms with Crippen LogP contribution in [0.4, 0.5) is 5.69 Å². The average Bonchev–Trinajstić information content (AvgIpc) is 2.39. The summed E-state index contributed by atoms with van der Waals surface area (Å²) in [4.78, 5) is 23.6. The molecule has 1 amide bonds.